The molecule has 3 aromatic rings. The van der Waals surface area contributed by atoms with Gasteiger partial charge in [0.15, 0.2) is 0 Å². The maximum atomic E-state index is 4.54. The molecule has 0 aliphatic heterocycles. The standard InChI is InChI=1S/C14H9IN2/c15-13-12-9-16-7-6-11(12)8-17-14(13)10-4-2-1-3-5-10/h1-9H. The Morgan fingerprint density at radius 3 is 2.59 bits per heavy atom. The average Bonchev–Trinajstić information content (AvgIpc) is 2.40. The Bertz CT molecular complexity index is 665. The first kappa shape index (κ1) is 10.7. The van der Waals surface area contributed by atoms with E-state index in [0.29, 0.717) is 0 Å². The van der Waals surface area contributed by atoms with E-state index in [-0.39, 0.29) is 0 Å². The van der Waals surface area contributed by atoms with Crippen LogP contribution in [0.25, 0.3) is 22.0 Å². The minimum absolute atomic E-state index is 1.02. The molecule has 0 unspecified atom stereocenters. The van der Waals surface area contributed by atoms with E-state index in [9.17, 15) is 0 Å². The number of hydrogen-bond acceptors (Lipinski definition) is 2. The lowest BCUT2D eigenvalue weighted by molar-refractivity contribution is 1.31. The van der Waals surface area contributed by atoms with Crippen molar-refractivity contribution in [2.75, 3.05) is 0 Å². The number of nitrogens with zero attached hydrogens (tertiary/aromatic N) is 2. The fraction of sp³-hybridized carbons (Fsp3) is 0. The highest BCUT2D eigenvalue weighted by molar-refractivity contribution is 14.1. The van der Waals surface area contributed by atoms with E-state index < -0.39 is 0 Å². The average molecular weight is 332 g/mol. The topological polar surface area (TPSA) is 25.8 Å². The van der Waals surface area contributed by atoms with Crippen molar-refractivity contribution in [3.05, 3.63) is 58.6 Å². The quantitative estimate of drug-likeness (QED) is 0.632. The molecule has 0 radical (unpaired) electrons. The van der Waals surface area contributed by atoms with E-state index in [1.165, 1.54) is 0 Å². The number of hydrogen-bond donors (Lipinski definition) is 0. The molecule has 0 aliphatic carbocycles. The smallest absolute Gasteiger partial charge is 0.0842 e. The Morgan fingerprint density at radius 1 is 0.941 bits per heavy atom. The summed E-state index contributed by atoms with van der Waals surface area (Å²) >= 11 is 2.34. The van der Waals surface area contributed by atoms with Crippen LogP contribution >= 0.6 is 22.6 Å². The van der Waals surface area contributed by atoms with E-state index in [4.69, 9.17) is 0 Å². The van der Waals surface area contributed by atoms with Crippen molar-refractivity contribution in [1.29, 1.82) is 0 Å². The van der Waals surface area contributed by atoms with Crippen molar-refractivity contribution in [3.8, 4) is 11.3 Å². The first-order chi connectivity index (χ1) is 8.36. The molecule has 0 spiro atoms. The highest BCUT2D eigenvalue weighted by atomic mass is 127. The van der Waals surface area contributed by atoms with E-state index in [2.05, 4.69) is 44.7 Å². The summed E-state index contributed by atoms with van der Waals surface area (Å²) in [5, 5.41) is 2.28. The molecule has 0 fully saturated rings. The van der Waals surface area contributed by atoms with Crippen LogP contribution in [0.15, 0.2) is 55.0 Å². The molecule has 1 aromatic carbocycles. The zero-order valence-corrected chi connectivity index (χ0v) is 11.1. The van der Waals surface area contributed by atoms with Crippen molar-refractivity contribution >= 4 is 33.4 Å². The van der Waals surface area contributed by atoms with Crippen LogP contribution in [0, 0.1) is 3.57 Å². The zero-order chi connectivity index (χ0) is 11.7. The van der Waals surface area contributed by atoms with Crippen LogP contribution in [0.1, 0.15) is 0 Å². The first-order valence-corrected chi connectivity index (χ1v) is 6.38. The molecule has 2 aromatic heterocycles. The van der Waals surface area contributed by atoms with Gasteiger partial charge in [-0.05, 0) is 28.7 Å². The van der Waals surface area contributed by atoms with E-state index >= 15 is 0 Å². The number of rotatable bonds is 1. The highest BCUT2D eigenvalue weighted by Crippen LogP contribution is 2.28. The molecule has 0 saturated heterocycles. The minimum Gasteiger partial charge on any atom is -0.264 e. The van der Waals surface area contributed by atoms with Gasteiger partial charge in [0.05, 0.1) is 5.69 Å². The van der Waals surface area contributed by atoms with Crippen LogP contribution in [0.4, 0.5) is 0 Å². The molecule has 0 amide bonds. The van der Waals surface area contributed by atoms with Crippen molar-refractivity contribution in [3.63, 3.8) is 0 Å². The summed E-state index contributed by atoms with van der Waals surface area (Å²) in [7, 11) is 0. The lowest BCUT2D eigenvalue weighted by Crippen LogP contribution is -1.90. The van der Waals surface area contributed by atoms with Gasteiger partial charge in [-0.2, -0.15) is 0 Å². The van der Waals surface area contributed by atoms with E-state index in [1.807, 2.05) is 36.7 Å². The Hall–Kier alpha value is -1.49. The number of fused-ring (bicyclic) bond motifs is 1. The minimum atomic E-state index is 1.02. The second kappa shape index (κ2) is 4.41. The second-order valence-corrected chi connectivity index (χ2v) is 4.83. The van der Waals surface area contributed by atoms with Gasteiger partial charge in [0, 0.05) is 38.5 Å². The normalized spacial score (nSPS) is 10.6. The monoisotopic (exact) mass is 332 g/mol. The van der Waals surface area contributed by atoms with Crippen LogP contribution < -0.4 is 0 Å². The maximum Gasteiger partial charge on any atom is 0.0842 e. The van der Waals surface area contributed by atoms with Gasteiger partial charge in [0.2, 0.25) is 0 Å². The largest absolute Gasteiger partial charge is 0.264 e. The number of benzene rings is 1. The van der Waals surface area contributed by atoms with Gasteiger partial charge in [0.25, 0.3) is 0 Å². The fourth-order valence-corrected chi connectivity index (χ4v) is 2.72. The van der Waals surface area contributed by atoms with Crippen LogP contribution in [0.3, 0.4) is 0 Å². The highest BCUT2D eigenvalue weighted by Gasteiger charge is 2.07. The van der Waals surface area contributed by atoms with Crippen molar-refractivity contribution in [1.82, 2.24) is 9.97 Å². The Balaban J connectivity index is 2.29. The zero-order valence-electron chi connectivity index (χ0n) is 8.97. The SMILES string of the molecule is Ic1c(-c2ccccc2)ncc2ccncc12. The van der Waals surface area contributed by atoms with Crippen molar-refractivity contribution in [2.24, 2.45) is 0 Å². The molecule has 3 rings (SSSR count). The molecule has 0 bridgehead atoms. The third-order valence-corrected chi connectivity index (χ3v) is 3.77. The molecule has 0 atom stereocenters. The molecule has 0 aliphatic rings. The Kier molecular flexibility index (Phi) is 2.76. The predicted octanol–water partition coefficient (Wildman–Crippen LogP) is 3.90. The maximum absolute atomic E-state index is 4.54. The summed E-state index contributed by atoms with van der Waals surface area (Å²) in [6.07, 6.45) is 5.59. The molecule has 2 nitrogen and oxygen atoms in total. The van der Waals surface area contributed by atoms with Crippen LogP contribution in [-0.2, 0) is 0 Å². The lowest BCUT2D eigenvalue weighted by atomic mass is 10.1. The van der Waals surface area contributed by atoms with Gasteiger partial charge in [-0.3, -0.25) is 9.97 Å². The van der Waals surface area contributed by atoms with Gasteiger partial charge in [-0.25, -0.2) is 0 Å². The van der Waals surface area contributed by atoms with Crippen LogP contribution in [-0.4, -0.2) is 9.97 Å². The van der Waals surface area contributed by atoms with Gasteiger partial charge < -0.3 is 0 Å². The number of pyridine rings is 2. The van der Waals surface area contributed by atoms with Gasteiger partial charge in [-0.1, -0.05) is 30.3 Å². The summed E-state index contributed by atoms with van der Waals surface area (Å²) in [6, 6.07) is 12.2. The van der Waals surface area contributed by atoms with Crippen LogP contribution in [0.2, 0.25) is 0 Å². The number of aromatic nitrogens is 2. The summed E-state index contributed by atoms with van der Waals surface area (Å²) in [5.74, 6) is 0. The molecule has 0 saturated carbocycles. The molecule has 3 heteroatoms. The number of halogens is 1. The molecule has 17 heavy (non-hydrogen) atoms. The van der Waals surface area contributed by atoms with Crippen molar-refractivity contribution < 1.29 is 0 Å². The summed E-state index contributed by atoms with van der Waals surface area (Å²) in [5.41, 5.74) is 2.16. The summed E-state index contributed by atoms with van der Waals surface area (Å²) < 4.78 is 1.15. The molecule has 82 valence electrons. The predicted molar refractivity (Wildman–Crippen MR) is 77.7 cm³/mol. The molecular formula is C14H9IN2. The first-order valence-electron chi connectivity index (χ1n) is 5.30. The fourth-order valence-electron chi connectivity index (χ4n) is 1.82. The van der Waals surface area contributed by atoms with E-state index in [0.717, 1.165) is 25.6 Å². The van der Waals surface area contributed by atoms with Gasteiger partial charge >= 0.3 is 0 Å². The summed E-state index contributed by atoms with van der Waals surface area (Å²) in [4.78, 5) is 8.72. The molecule has 0 N–H and O–H groups in total. The van der Waals surface area contributed by atoms with Gasteiger partial charge in [-0.15, -0.1) is 0 Å². The molecular weight excluding hydrogens is 323 g/mol. The lowest BCUT2D eigenvalue weighted by Gasteiger charge is -2.06. The Labute approximate surface area is 113 Å². The third-order valence-electron chi connectivity index (χ3n) is 2.68. The second-order valence-electron chi connectivity index (χ2n) is 3.75. The van der Waals surface area contributed by atoms with Gasteiger partial charge in [0.1, 0.15) is 0 Å². The molecule has 2 heterocycles. The van der Waals surface area contributed by atoms with Crippen LogP contribution in [0.5, 0.6) is 0 Å². The summed E-state index contributed by atoms with van der Waals surface area (Å²) in [6.45, 7) is 0. The third kappa shape index (κ3) is 1.91. The van der Waals surface area contributed by atoms with E-state index in [1.54, 1.807) is 6.20 Å². The van der Waals surface area contributed by atoms with Crippen molar-refractivity contribution in [2.45, 2.75) is 0 Å². The Morgan fingerprint density at radius 2 is 1.76 bits per heavy atom.